The van der Waals surface area contributed by atoms with E-state index >= 15 is 0 Å². The van der Waals surface area contributed by atoms with Gasteiger partial charge in [0.25, 0.3) is 0 Å². The zero-order valence-electron chi connectivity index (χ0n) is 15.5. The van der Waals surface area contributed by atoms with Gasteiger partial charge in [-0.15, -0.1) is 0 Å². The minimum atomic E-state index is -1.34. The minimum Gasteiger partial charge on any atom is -0.480 e. The predicted molar refractivity (Wildman–Crippen MR) is 93.5 cm³/mol. The third kappa shape index (κ3) is 13.1. The Hall–Kier alpha value is -2.81. The molecule has 1 unspecified atom stereocenters. The van der Waals surface area contributed by atoms with Crippen LogP contribution in [0.5, 0.6) is 0 Å². The van der Waals surface area contributed by atoms with E-state index in [9.17, 15) is 29.1 Å². The first-order valence-corrected chi connectivity index (χ1v) is 8.33. The van der Waals surface area contributed by atoms with Crippen LogP contribution in [0.15, 0.2) is 0 Å². The molecule has 0 spiro atoms. The van der Waals surface area contributed by atoms with Crippen LogP contribution in [0.25, 0.3) is 0 Å². The van der Waals surface area contributed by atoms with Gasteiger partial charge in [0.1, 0.15) is 0 Å². The SMILES string of the molecule is O=C(O)CN(CCN(CC(=O)O)CC(CO)N(CC(=O)O)CC(=O)O)CC(=O)O. The Morgan fingerprint density at radius 3 is 1.28 bits per heavy atom. The van der Waals surface area contributed by atoms with Crippen molar-refractivity contribution in [2.45, 2.75) is 6.04 Å². The van der Waals surface area contributed by atoms with Gasteiger partial charge in [-0.2, -0.15) is 0 Å². The Morgan fingerprint density at radius 2 is 0.931 bits per heavy atom. The molecule has 0 aliphatic rings. The Morgan fingerprint density at radius 1 is 0.586 bits per heavy atom. The van der Waals surface area contributed by atoms with Crippen LogP contribution in [-0.4, -0.2) is 140 Å². The molecule has 0 heterocycles. The highest BCUT2D eigenvalue weighted by Gasteiger charge is 2.26. The lowest BCUT2D eigenvalue weighted by Gasteiger charge is -2.33. The van der Waals surface area contributed by atoms with E-state index in [4.69, 9.17) is 25.5 Å². The van der Waals surface area contributed by atoms with E-state index in [0.717, 1.165) is 9.80 Å². The van der Waals surface area contributed by atoms with Crippen LogP contribution in [0.3, 0.4) is 0 Å². The second kappa shape index (κ2) is 13.4. The van der Waals surface area contributed by atoms with Crippen LogP contribution in [0.4, 0.5) is 0 Å². The van der Waals surface area contributed by atoms with Crippen LogP contribution in [0, 0.1) is 0 Å². The number of hydrogen-bond acceptors (Lipinski definition) is 9. The van der Waals surface area contributed by atoms with Gasteiger partial charge in [-0.1, -0.05) is 0 Å². The molecule has 0 aliphatic heterocycles. The van der Waals surface area contributed by atoms with E-state index in [1.54, 1.807) is 0 Å². The first-order chi connectivity index (χ1) is 13.4. The predicted octanol–water partition coefficient (Wildman–Crippen LogP) is -3.32. The van der Waals surface area contributed by atoms with Crippen molar-refractivity contribution >= 4 is 29.8 Å². The zero-order valence-corrected chi connectivity index (χ0v) is 15.5. The van der Waals surface area contributed by atoms with Gasteiger partial charge in [0.05, 0.1) is 39.3 Å². The largest absolute Gasteiger partial charge is 0.480 e. The molecule has 14 nitrogen and oxygen atoms in total. The van der Waals surface area contributed by atoms with Crippen molar-refractivity contribution in [3.8, 4) is 0 Å². The molecular formula is C15H25N3O11. The maximum atomic E-state index is 11.1. The molecule has 29 heavy (non-hydrogen) atoms. The number of nitrogens with zero attached hydrogens (tertiary/aromatic N) is 3. The summed E-state index contributed by atoms with van der Waals surface area (Å²) in [6, 6.07) is -1.03. The smallest absolute Gasteiger partial charge is 0.317 e. The van der Waals surface area contributed by atoms with Crippen molar-refractivity contribution in [3.63, 3.8) is 0 Å². The van der Waals surface area contributed by atoms with E-state index in [-0.39, 0.29) is 19.6 Å². The molecule has 14 heteroatoms. The van der Waals surface area contributed by atoms with Gasteiger partial charge in [-0.05, 0) is 0 Å². The summed E-state index contributed by atoms with van der Waals surface area (Å²) in [7, 11) is 0. The molecular weight excluding hydrogens is 398 g/mol. The maximum Gasteiger partial charge on any atom is 0.317 e. The summed E-state index contributed by atoms with van der Waals surface area (Å²) in [6.45, 7) is -4.33. The minimum absolute atomic E-state index is 0.114. The molecule has 0 aromatic heterocycles. The molecule has 6 N–H and O–H groups in total. The molecule has 1 atom stereocenters. The number of rotatable bonds is 17. The molecule has 0 amide bonds. The van der Waals surface area contributed by atoms with E-state index in [1.807, 2.05) is 0 Å². The molecule has 0 saturated heterocycles. The Labute approximate surface area is 165 Å². The number of aliphatic carboxylic acids is 5. The summed E-state index contributed by atoms with van der Waals surface area (Å²) in [5.74, 6) is -6.52. The number of aliphatic hydroxyl groups is 1. The number of carboxylic acids is 5. The van der Waals surface area contributed by atoms with E-state index in [1.165, 1.54) is 4.90 Å². The lowest BCUT2D eigenvalue weighted by Crippen LogP contribution is -2.52. The van der Waals surface area contributed by atoms with Crippen LogP contribution in [0.1, 0.15) is 0 Å². The van der Waals surface area contributed by atoms with Crippen LogP contribution in [-0.2, 0) is 24.0 Å². The van der Waals surface area contributed by atoms with Crippen molar-refractivity contribution in [2.24, 2.45) is 0 Å². The highest BCUT2D eigenvalue weighted by atomic mass is 16.4. The number of aliphatic hydroxyl groups excluding tert-OH is 1. The summed E-state index contributed by atoms with van der Waals surface area (Å²) in [5.41, 5.74) is 0. The van der Waals surface area contributed by atoms with Gasteiger partial charge in [0.2, 0.25) is 0 Å². The van der Waals surface area contributed by atoms with Gasteiger partial charge in [-0.25, -0.2) is 0 Å². The summed E-state index contributed by atoms with van der Waals surface area (Å²) in [6.07, 6.45) is 0. The Bertz CT molecular complexity index is 566. The molecule has 0 saturated carbocycles. The van der Waals surface area contributed by atoms with Gasteiger partial charge < -0.3 is 30.6 Å². The molecule has 0 aromatic carbocycles. The summed E-state index contributed by atoms with van der Waals surface area (Å²) >= 11 is 0. The Balaban J connectivity index is 5.26. The van der Waals surface area contributed by atoms with Gasteiger partial charge in [0.15, 0.2) is 0 Å². The van der Waals surface area contributed by atoms with Crippen LogP contribution >= 0.6 is 0 Å². The summed E-state index contributed by atoms with van der Waals surface area (Å²) in [4.78, 5) is 57.9. The molecule has 166 valence electrons. The van der Waals surface area contributed by atoms with Crippen molar-refractivity contribution in [2.75, 3.05) is 59.0 Å². The van der Waals surface area contributed by atoms with Crippen molar-refractivity contribution in [3.05, 3.63) is 0 Å². The van der Waals surface area contributed by atoms with E-state index in [0.29, 0.717) is 0 Å². The summed E-state index contributed by atoms with van der Waals surface area (Å²) < 4.78 is 0. The number of hydrogen-bond donors (Lipinski definition) is 6. The Kier molecular flexibility index (Phi) is 12.1. The molecule has 0 fully saturated rings. The van der Waals surface area contributed by atoms with E-state index in [2.05, 4.69) is 0 Å². The van der Waals surface area contributed by atoms with Crippen LogP contribution < -0.4 is 0 Å². The van der Waals surface area contributed by atoms with Gasteiger partial charge in [0, 0.05) is 25.7 Å². The second-order valence-electron chi connectivity index (χ2n) is 6.16. The molecule has 0 aromatic rings. The fourth-order valence-electron chi connectivity index (χ4n) is 2.55. The quantitative estimate of drug-likeness (QED) is 0.135. The molecule has 0 aliphatic carbocycles. The topological polar surface area (TPSA) is 216 Å². The fraction of sp³-hybridized carbons (Fsp3) is 0.667. The summed E-state index contributed by atoms with van der Waals surface area (Å²) in [5, 5.41) is 54.1. The third-order valence-corrected chi connectivity index (χ3v) is 3.68. The standard InChI is InChI=1S/C15H25N3O11/c19-9-10(18(7-14(26)27)8-15(28)29)3-16(4-11(20)21)1-2-17(5-12(22)23)6-13(24)25/h10,19H,1-9H2,(H,20,21)(H,22,23)(H,24,25)(H,26,27)(H,28,29). The van der Waals surface area contributed by atoms with Gasteiger partial charge >= 0.3 is 29.8 Å². The molecule has 0 rings (SSSR count). The van der Waals surface area contributed by atoms with Gasteiger partial charge in [-0.3, -0.25) is 38.7 Å². The zero-order chi connectivity index (χ0) is 22.6. The first-order valence-electron chi connectivity index (χ1n) is 8.33. The molecule has 0 radical (unpaired) electrons. The average Bonchev–Trinajstić information content (AvgIpc) is 2.54. The van der Waals surface area contributed by atoms with Crippen molar-refractivity contribution in [1.29, 1.82) is 0 Å². The van der Waals surface area contributed by atoms with E-state index < -0.39 is 75.2 Å². The maximum absolute atomic E-state index is 11.1. The normalized spacial score (nSPS) is 12.3. The highest BCUT2D eigenvalue weighted by Crippen LogP contribution is 2.04. The average molecular weight is 423 g/mol. The second-order valence-corrected chi connectivity index (χ2v) is 6.16. The lowest BCUT2D eigenvalue weighted by atomic mass is 10.2. The first kappa shape index (κ1) is 26.2. The van der Waals surface area contributed by atoms with Crippen molar-refractivity contribution in [1.82, 2.24) is 14.7 Å². The van der Waals surface area contributed by atoms with Crippen LogP contribution in [0.2, 0.25) is 0 Å². The third-order valence-electron chi connectivity index (χ3n) is 3.68. The number of carboxylic acid groups (broad SMARTS) is 5. The number of carbonyl (C=O) groups is 5. The lowest BCUT2D eigenvalue weighted by molar-refractivity contribution is -0.145. The highest BCUT2D eigenvalue weighted by molar-refractivity contribution is 5.73. The fourth-order valence-corrected chi connectivity index (χ4v) is 2.55. The molecule has 0 bridgehead atoms. The van der Waals surface area contributed by atoms with Crippen molar-refractivity contribution < 1.29 is 54.6 Å². The monoisotopic (exact) mass is 423 g/mol.